The van der Waals surface area contributed by atoms with Gasteiger partial charge in [0.25, 0.3) is 6.43 Å². The normalized spacial score (nSPS) is 17.8. The Hall–Kier alpha value is -4.17. The standard InChI is InChI=1S/C25H25F6N9/c26-16-1-3-17(4-2-16)35-20-9-23(33-11-18(20)19-6-8-39(38-19)14-25(29,30)31)36-22-5-7-32-24(37-22)15-10-34-40(12-15)13-21(27)28/h5-12,16-17,21H,1-4,13-14H2,(H2,32,33,35,36,37). The summed E-state index contributed by atoms with van der Waals surface area (Å²) in [6.07, 6.45) is 1.26. The van der Waals surface area contributed by atoms with Crippen LogP contribution in [0, 0.1) is 0 Å². The maximum atomic E-state index is 13.7. The predicted octanol–water partition coefficient (Wildman–Crippen LogP) is 5.86. The van der Waals surface area contributed by atoms with E-state index in [1.54, 1.807) is 12.1 Å². The molecule has 9 nitrogen and oxygen atoms in total. The molecule has 212 valence electrons. The Balaban J connectivity index is 1.39. The zero-order valence-electron chi connectivity index (χ0n) is 21.0. The Morgan fingerprint density at radius 3 is 2.55 bits per heavy atom. The molecule has 4 aromatic heterocycles. The summed E-state index contributed by atoms with van der Waals surface area (Å²) in [5.41, 5.74) is 1.81. The molecule has 0 aliphatic heterocycles. The molecule has 1 saturated carbocycles. The number of nitrogens with zero attached hydrogens (tertiary/aromatic N) is 7. The van der Waals surface area contributed by atoms with Crippen molar-refractivity contribution in [2.24, 2.45) is 0 Å². The minimum Gasteiger partial charge on any atom is -0.382 e. The van der Waals surface area contributed by atoms with Crippen molar-refractivity contribution < 1.29 is 26.3 Å². The number of halogens is 6. The average molecular weight is 566 g/mol. The van der Waals surface area contributed by atoms with Gasteiger partial charge >= 0.3 is 6.18 Å². The molecule has 4 aromatic rings. The third-order valence-corrected chi connectivity index (χ3v) is 6.31. The largest absolute Gasteiger partial charge is 0.408 e. The van der Waals surface area contributed by atoms with Gasteiger partial charge in [-0.25, -0.2) is 28.1 Å². The Kier molecular flexibility index (Phi) is 7.89. The van der Waals surface area contributed by atoms with Gasteiger partial charge in [0.1, 0.15) is 30.9 Å². The van der Waals surface area contributed by atoms with Crippen molar-refractivity contribution in [3.05, 3.63) is 49.2 Å². The fraction of sp³-hybridized carbons (Fsp3) is 0.400. The molecule has 0 saturated heterocycles. The maximum absolute atomic E-state index is 13.7. The van der Waals surface area contributed by atoms with E-state index in [1.165, 1.54) is 37.1 Å². The highest BCUT2D eigenvalue weighted by molar-refractivity contribution is 5.78. The number of aromatic nitrogens is 7. The Labute approximate surface area is 224 Å². The molecular formula is C25H25F6N9. The van der Waals surface area contributed by atoms with Crippen molar-refractivity contribution in [2.75, 3.05) is 10.6 Å². The van der Waals surface area contributed by atoms with Crippen LogP contribution in [0.4, 0.5) is 43.7 Å². The topological polar surface area (TPSA) is 98.4 Å². The van der Waals surface area contributed by atoms with Crippen LogP contribution >= 0.6 is 0 Å². The number of nitrogens with one attached hydrogen (secondary N) is 2. The SMILES string of the molecule is FC(F)Cn1cc(-c2nccc(Nc3cc(NC4CCC(F)CC4)c(-c4ccn(CC(F)(F)F)n4)cn3)n2)cn1. The fourth-order valence-corrected chi connectivity index (χ4v) is 4.46. The van der Waals surface area contributed by atoms with Gasteiger partial charge in [-0.2, -0.15) is 23.4 Å². The molecule has 2 N–H and O–H groups in total. The van der Waals surface area contributed by atoms with E-state index < -0.39 is 31.9 Å². The maximum Gasteiger partial charge on any atom is 0.408 e. The number of hydrogen-bond acceptors (Lipinski definition) is 7. The fourth-order valence-electron chi connectivity index (χ4n) is 4.46. The third kappa shape index (κ3) is 7.07. The molecule has 40 heavy (non-hydrogen) atoms. The summed E-state index contributed by atoms with van der Waals surface area (Å²) in [4.78, 5) is 13.0. The second-order valence-corrected chi connectivity index (χ2v) is 9.45. The second kappa shape index (κ2) is 11.5. The number of anilines is 3. The quantitative estimate of drug-likeness (QED) is 0.245. The molecule has 15 heteroatoms. The highest BCUT2D eigenvalue weighted by Crippen LogP contribution is 2.33. The molecule has 0 amide bonds. The minimum atomic E-state index is -4.42. The number of pyridine rings is 1. The van der Waals surface area contributed by atoms with Gasteiger partial charge in [0, 0.05) is 48.1 Å². The van der Waals surface area contributed by atoms with E-state index in [9.17, 15) is 26.3 Å². The molecule has 1 aliphatic rings. The van der Waals surface area contributed by atoms with Gasteiger partial charge in [-0.3, -0.25) is 9.36 Å². The lowest BCUT2D eigenvalue weighted by Gasteiger charge is -2.27. The van der Waals surface area contributed by atoms with E-state index in [0.29, 0.717) is 59.8 Å². The number of rotatable bonds is 9. The van der Waals surface area contributed by atoms with Gasteiger partial charge in [-0.1, -0.05) is 0 Å². The lowest BCUT2D eigenvalue weighted by molar-refractivity contribution is -0.142. The van der Waals surface area contributed by atoms with E-state index in [2.05, 4.69) is 35.8 Å². The summed E-state index contributed by atoms with van der Waals surface area (Å²) in [6.45, 7) is -1.77. The van der Waals surface area contributed by atoms with Crippen LogP contribution in [-0.2, 0) is 13.1 Å². The first-order valence-corrected chi connectivity index (χ1v) is 12.5. The highest BCUT2D eigenvalue weighted by Gasteiger charge is 2.29. The van der Waals surface area contributed by atoms with Crippen molar-refractivity contribution in [2.45, 2.75) is 63.6 Å². The smallest absolute Gasteiger partial charge is 0.382 e. The lowest BCUT2D eigenvalue weighted by Crippen LogP contribution is -2.27. The molecule has 4 heterocycles. The molecule has 1 aliphatic carbocycles. The summed E-state index contributed by atoms with van der Waals surface area (Å²) in [5, 5.41) is 14.4. The van der Waals surface area contributed by atoms with E-state index in [0.717, 1.165) is 9.36 Å². The van der Waals surface area contributed by atoms with Crippen molar-refractivity contribution in [1.29, 1.82) is 0 Å². The van der Waals surface area contributed by atoms with Crippen LogP contribution in [0.5, 0.6) is 0 Å². The summed E-state index contributed by atoms with van der Waals surface area (Å²) >= 11 is 0. The van der Waals surface area contributed by atoms with E-state index >= 15 is 0 Å². The minimum absolute atomic E-state index is 0.0336. The van der Waals surface area contributed by atoms with Crippen molar-refractivity contribution in [3.8, 4) is 22.6 Å². The van der Waals surface area contributed by atoms with Crippen molar-refractivity contribution >= 4 is 17.3 Å². The Bertz CT molecular complexity index is 1430. The lowest BCUT2D eigenvalue weighted by atomic mass is 9.93. The van der Waals surface area contributed by atoms with E-state index in [1.807, 2.05) is 0 Å². The first-order valence-electron chi connectivity index (χ1n) is 12.5. The zero-order valence-corrected chi connectivity index (χ0v) is 21.0. The van der Waals surface area contributed by atoms with Crippen LogP contribution in [-0.4, -0.2) is 59.3 Å². The summed E-state index contributed by atoms with van der Waals surface area (Å²) in [5.74, 6) is 1.00. The second-order valence-electron chi connectivity index (χ2n) is 9.45. The molecular weight excluding hydrogens is 540 g/mol. The Morgan fingerprint density at radius 2 is 1.80 bits per heavy atom. The van der Waals surface area contributed by atoms with Gasteiger partial charge in [0.2, 0.25) is 0 Å². The summed E-state index contributed by atoms with van der Waals surface area (Å²) < 4.78 is 79.5. The van der Waals surface area contributed by atoms with Gasteiger partial charge in [0.05, 0.1) is 17.5 Å². The van der Waals surface area contributed by atoms with E-state index in [4.69, 9.17) is 0 Å². The molecule has 0 unspecified atom stereocenters. The average Bonchev–Trinajstić information content (AvgIpc) is 3.54. The molecule has 0 bridgehead atoms. The van der Waals surface area contributed by atoms with Crippen LogP contribution in [0.15, 0.2) is 49.2 Å². The first-order chi connectivity index (χ1) is 19.1. The number of alkyl halides is 6. The monoisotopic (exact) mass is 565 g/mol. The zero-order chi connectivity index (χ0) is 28.3. The van der Waals surface area contributed by atoms with Gasteiger partial charge in [-0.05, 0) is 37.8 Å². The molecule has 0 radical (unpaired) electrons. The highest BCUT2D eigenvalue weighted by atomic mass is 19.4. The summed E-state index contributed by atoms with van der Waals surface area (Å²) in [6, 6.07) is 4.72. The van der Waals surface area contributed by atoms with Crippen LogP contribution < -0.4 is 10.6 Å². The van der Waals surface area contributed by atoms with Gasteiger partial charge < -0.3 is 10.6 Å². The Morgan fingerprint density at radius 1 is 1.00 bits per heavy atom. The van der Waals surface area contributed by atoms with Gasteiger partial charge in [-0.15, -0.1) is 0 Å². The third-order valence-electron chi connectivity index (χ3n) is 6.31. The van der Waals surface area contributed by atoms with Gasteiger partial charge in [0.15, 0.2) is 5.82 Å². The van der Waals surface area contributed by atoms with E-state index in [-0.39, 0.29) is 11.9 Å². The molecule has 5 rings (SSSR count). The van der Waals surface area contributed by atoms with Crippen LogP contribution in [0.2, 0.25) is 0 Å². The molecule has 0 aromatic carbocycles. The number of hydrogen-bond donors (Lipinski definition) is 2. The van der Waals surface area contributed by atoms with Crippen LogP contribution in [0.1, 0.15) is 25.7 Å². The first kappa shape index (κ1) is 27.4. The van der Waals surface area contributed by atoms with Crippen LogP contribution in [0.3, 0.4) is 0 Å². The molecule has 0 spiro atoms. The predicted molar refractivity (Wildman–Crippen MR) is 135 cm³/mol. The molecule has 1 fully saturated rings. The summed E-state index contributed by atoms with van der Waals surface area (Å²) in [7, 11) is 0. The van der Waals surface area contributed by atoms with Crippen molar-refractivity contribution in [3.63, 3.8) is 0 Å². The van der Waals surface area contributed by atoms with Crippen LogP contribution in [0.25, 0.3) is 22.6 Å². The van der Waals surface area contributed by atoms with Crippen molar-refractivity contribution in [1.82, 2.24) is 34.5 Å². The molecule has 0 atom stereocenters.